The summed E-state index contributed by atoms with van der Waals surface area (Å²) in [6.45, 7) is 0. The molecular weight excluding hydrogens is 447 g/mol. The molecule has 1 saturated carbocycles. The normalized spacial score (nSPS) is 15.3. The van der Waals surface area contributed by atoms with Crippen LogP contribution in [-0.4, -0.2) is 27.1 Å². The number of hydrogen-bond donors (Lipinski definition) is 2. The summed E-state index contributed by atoms with van der Waals surface area (Å²) in [5.41, 5.74) is 7.26. The number of nitrogens with two attached hydrogens (primary N) is 1. The van der Waals surface area contributed by atoms with Crippen LogP contribution in [0.25, 0.3) is 16.9 Å². The van der Waals surface area contributed by atoms with Crippen molar-refractivity contribution >= 4 is 34.9 Å². The van der Waals surface area contributed by atoms with Crippen molar-refractivity contribution in [3.63, 3.8) is 0 Å². The fourth-order valence-electron chi connectivity index (χ4n) is 3.92. The number of carbonyl (C=O) groups is 1. The second-order valence-corrected chi connectivity index (χ2v) is 8.43. The number of aliphatic imine (C=N–C) groups is 1. The van der Waals surface area contributed by atoms with Crippen molar-refractivity contribution in [2.45, 2.75) is 31.2 Å². The van der Waals surface area contributed by atoms with Crippen LogP contribution in [0.3, 0.4) is 0 Å². The molecule has 1 aliphatic carbocycles. The van der Waals surface area contributed by atoms with Crippen LogP contribution in [0.5, 0.6) is 0 Å². The fourth-order valence-corrected chi connectivity index (χ4v) is 4.26. The maximum atomic E-state index is 12.2. The van der Waals surface area contributed by atoms with E-state index < -0.39 is 11.4 Å². The Morgan fingerprint density at radius 3 is 2.47 bits per heavy atom. The minimum atomic E-state index is -1.05. The Bertz CT molecular complexity index is 1220. The van der Waals surface area contributed by atoms with E-state index in [1.807, 2.05) is 36.5 Å². The molecule has 3 aromatic rings. The highest BCUT2D eigenvalue weighted by Crippen LogP contribution is 2.34. The molecule has 0 spiro atoms. The molecule has 0 atom stereocenters. The zero-order valence-electron chi connectivity index (χ0n) is 17.1. The molecule has 0 unspecified atom stereocenters. The number of primary amides is 1. The van der Waals surface area contributed by atoms with Gasteiger partial charge in [0, 0.05) is 10.6 Å². The number of benzene rings is 2. The third kappa shape index (κ3) is 4.20. The van der Waals surface area contributed by atoms with Gasteiger partial charge in [-0.25, -0.2) is 9.67 Å². The van der Waals surface area contributed by atoms with Crippen molar-refractivity contribution in [3.05, 3.63) is 70.3 Å². The first kappa shape index (κ1) is 21.9. The topological polar surface area (TPSA) is 109 Å². The molecule has 162 valence electrons. The molecule has 0 aliphatic heterocycles. The van der Waals surface area contributed by atoms with Crippen molar-refractivity contribution in [1.29, 1.82) is 5.26 Å². The third-order valence-corrected chi connectivity index (χ3v) is 6.13. The highest BCUT2D eigenvalue weighted by molar-refractivity contribution is 6.32. The van der Waals surface area contributed by atoms with Gasteiger partial charge in [-0.3, -0.25) is 10.1 Å². The lowest BCUT2D eigenvalue weighted by molar-refractivity contribution is -0.122. The molecule has 32 heavy (non-hydrogen) atoms. The van der Waals surface area contributed by atoms with E-state index in [4.69, 9.17) is 34.0 Å². The highest BCUT2D eigenvalue weighted by atomic mass is 35.5. The Morgan fingerprint density at radius 2 is 1.84 bits per heavy atom. The van der Waals surface area contributed by atoms with Gasteiger partial charge in [-0.15, -0.1) is 0 Å². The van der Waals surface area contributed by atoms with Gasteiger partial charge in [0.15, 0.2) is 12.0 Å². The Kier molecular flexibility index (Phi) is 6.17. The fraction of sp³-hybridized carbons (Fsp3) is 0.217. The van der Waals surface area contributed by atoms with Gasteiger partial charge in [0.2, 0.25) is 5.91 Å². The maximum Gasteiger partial charge on any atom is 0.245 e. The van der Waals surface area contributed by atoms with Gasteiger partial charge in [0.05, 0.1) is 16.4 Å². The zero-order chi connectivity index (χ0) is 22.7. The number of nitrogens with zero attached hydrogens (tertiary/aromatic N) is 4. The lowest BCUT2D eigenvalue weighted by Crippen LogP contribution is -2.42. The summed E-state index contributed by atoms with van der Waals surface area (Å²) in [7, 11) is 0. The van der Waals surface area contributed by atoms with Crippen LogP contribution < -0.4 is 11.1 Å². The summed E-state index contributed by atoms with van der Waals surface area (Å²) in [4.78, 5) is 16.9. The second kappa shape index (κ2) is 9.03. The number of amides is 1. The number of nitrogens with one attached hydrogen (secondary N) is 1. The Labute approximate surface area is 195 Å². The molecule has 0 saturated heterocycles. The summed E-state index contributed by atoms with van der Waals surface area (Å²) in [5, 5.41) is 17.8. The number of carbonyl (C=O) groups excluding carboxylic acids is 1. The third-order valence-electron chi connectivity index (χ3n) is 5.56. The molecule has 7 nitrogen and oxygen atoms in total. The summed E-state index contributed by atoms with van der Waals surface area (Å²) in [5.74, 6) is -0.315. The van der Waals surface area contributed by atoms with Crippen LogP contribution in [0.2, 0.25) is 10.0 Å². The van der Waals surface area contributed by atoms with Gasteiger partial charge >= 0.3 is 0 Å². The molecule has 3 N–H and O–H groups in total. The molecule has 1 fully saturated rings. The number of para-hydroxylation sites is 1. The predicted molar refractivity (Wildman–Crippen MR) is 125 cm³/mol. The maximum absolute atomic E-state index is 12.2. The van der Waals surface area contributed by atoms with Crippen molar-refractivity contribution in [2.24, 2.45) is 10.7 Å². The average Bonchev–Trinajstić information content (AvgIpc) is 3.43. The van der Waals surface area contributed by atoms with Crippen LogP contribution in [0.15, 0.2) is 59.6 Å². The first-order chi connectivity index (χ1) is 15.4. The second-order valence-electron chi connectivity index (χ2n) is 7.59. The highest BCUT2D eigenvalue weighted by Gasteiger charge is 2.40. The van der Waals surface area contributed by atoms with Gasteiger partial charge in [0.25, 0.3) is 0 Å². The minimum absolute atomic E-state index is 0.189. The lowest BCUT2D eigenvalue weighted by Gasteiger charge is -2.20. The first-order valence-electron chi connectivity index (χ1n) is 10.1. The average molecular weight is 467 g/mol. The number of halogens is 2. The van der Waals surface area contributed by atoms with E-state index in [0.717, 1.165) is 24.1 Å². The van der Waals surface area contributed by atoms with Gasteiger partial charge in [0.1, 0.15) is 11.2 Å². The molecule has 4 rings (SSSR count). The molecule has 0 radical (unpaired) electrons. The molecule has 1 heterocycles. The van der Waals surface area contributed by atoms with Gasteiger partial charge in [-0.05, 0) is 43.2 Å². The predicted octanol–water partition coefficient (Wildman–Crippen LogP) is 4.46. The Morgan fingerprint density at radius 1 is 1.16 bits per heavy atom. The number of nitriles is 1. The zero-order valence-corrected chi connectivity index (χ0v) is 18.6. The van der Waals surface area contributed by atoms with Crippen LogP contribution in [0.1, 0.15) is 31.4 Å². The summed E-state index contributed by atoms with van der Waals surface area (Å²) >= 11 is 12.5. The SMILES string of the molecule is N#CNC(=NC1(C(N)=O)CCCC1)c1cc(-c2ccc(Cl)cc2)n(-c2ccccc2Cl)n1. The van der Waals surface area contributed by atoms with E-state index >= 15 is 0 Å². The molecule has 2 aromatic carbocycles. The smallest absolute Gasteiger partial charge is 0.245 e. The Hall–Kier alpha value is -3.34. The largest absolute Gasteiger partial charge is 0.368 e. The van der Waals surface area contributed by atoms with Gasteiger partial charge in [-0.1, -0.05) is 60.3 Å². The molecular formula is C23H20Cl2N6O. The van der Waals surface area contributed by atoms with E-state index in [1.165, 1.54) is 0 Å². The summed E-state index contributed by atoms with van der Waals surface area (Å²) in [6, 6.07) is 16.4. The van der Waals surface area contributed by atoms with Crippen LogP contribution in [0, 0.1) is 11.5 Å². The minimum Gasteiger partial charge on any atom is -0.368 e. The molecule has 0 bridgehead atoms. The van der Waals surface area contributed by atoms with E-state index in [2.05, 4.69) is 10.3 Å². The Balaban J connectivity index is 1.90. The quantitative estimate of drug-likeness (QED) is 0.250. The number of aromatic nitrogens is 2. The van der Waals surface area contributed by atoms with Crippen LogP contribution >= 0.6 is 23.2 Å². The first-order valence-corrected chi connectivity index (χ1v) is 10.9. The van der Waals surface area contributed by atoms with Gasteiger partial charge in [-0.2, -0.15) is 10.4 Å². The number of rotatable bonds is 5. The number of amidine groups is 1. The number of hydrogen-bond acceptors (Lipinski definition) is 4. The standard InChI is InChI=1S/C23H20Cl2N6O/c24-16-9-7-15(8-10-16)20-13-18(30-31(20)19-6-2-1-5-17(19)25)21(28-14-26)29-23(22(27)32)11-3-4-12-23/h1-2,5-10,13H,3-4,11-12H2,(H2,27,32)(H,28,29). The monoisotopic (exact) mass is 466 g/mol. The lowest BCUT2D eigenvalue weighted by atomic mass is 9.97. The van der Waals surface area contributed by atoms with E-state index in [1.54, 1.807) is 28.9 Å². The van der Waals surface area contributed by atoms with Crippen molar-refractivity contribution in [3.8, 4) is 23.1 Å². The molecule has 1 amide bonds. The van der Waals surface area contributed by atoms with Crippen LogP contribution in [-0.2, 0) is 4.79 Å². The molecule has 1 aliphatic rings. The van der Waals surface area contributed by atoms with Crippen molar-refractivity contribution < 1.29 is 4.79 Å². The van der Waals surface area contributed by atoms with Crippen molar-refractivity contribution in [2.75, 3.05) is 0 Å². The van der Waals surface area contributed by atoms with E-state index in [9.17, 15) is 10.1 Å². The van der Waals surface area contributed by atoms with Crippen LogP contribution in [0.4, 0.5) is 0 Å². The van der Waals surface area contributed by atoms with E-state index in [0.29, 0.717) is 34.3 Å². The molecule has 1 aromatic heterocycles. The van der Waals surface area contributed by atoms with Crippen molar-refractivity contribution in [1.82, 2.24) is 15.1 Å². The van der Waals surface area contributed by atoms with Gasteiger partial charge < -0.3 is 5.73 Å². The summed E-state index contributed by atoms with van der Waals surface area (Å²) < 4.78 is 1.68. The van der Waals surface area contributed by atoms with E-state index in [-0.39, 0.29) is 5.84 Å². The summed E-state index contributed by atoms with van der Waals surface area (Å²) in [6.07, 6.45) is 4.66. The molecule has 9 heteroatoms.